The van der Waals surface area contributed by atoms with Gasteiger partial charge >= 0.3 is 17.8 Å². The fourth-order valence-electron chi connectivity index (χ4n) is 3.94. The highest BCUT2D eigenvalue weighted by Gasteiger charge is 2.26. The molecule has 0 radical (unpaired) electrons. The van der Waals surface area contributed by atoms with Crippen LogP contribution in [0.15, 0.2) is 32.6 Å². The van der Waals surface area contributed by atoms with Crippen LogP contribution in [0.3, 0.4) is 0 Å². The van der Waals surface area contributed by atoms with Crippen LogP contribution in [0, 0.1) is 11.3 Å². The Labute approximate surface area is 273 Å². The number of carbonyl (C=O) groups is 2. The van der Waals surface area contributed by atoms with E-state index in [1.165, 1.54) is 18.2 Å². The fourth-order valence-corrected chi connectivity index (χ4v) is 4.49. The number of hydrogen-bond acceptors (Lipinski definition) is 11. The first-order valence-corrected chi connectivity index (χ1v) is 14.9. The summed E-state index contributed by atoms with van der Waals surface area (Å²) in [6, 6.07) is 4.45. The summed E-state index contributed by atoms with van der Waals surface area (Å²) in [6.45, 7) is 9.93. The summed E-state index contributed by atoms with van der Waals surface area (Å²) in [7, 11) is 0. The summed E-state index contributed by atoms with van der Waals surface area (Å²) in [5.74, 6) is -1.32. The van der Waals surface area contributed by atoms with Gasteiger partial charge in [0.15, 0.2) is 12.5 Å². The zero-order valence-corrected chi connectivity index (χ0v) is 27.5. The molecule has 0 saturated heterocycles. The first-order chi connectivity index (χ1) is 21.5. The van der Waals surface area contributed by atoms with Gasteiger partial charge in [0.1, 0.15) is 17.7 Å². The third-order valence-corrected chi connectivity index (χ3v) is 6.68. The van der Waals surface area contributed by atoms with E-state index in [1.807, 2.05) is 11.9 Å². The van der Waals surface area contributed by atoms with Gasteiger partial charge in [0.2, 0.25) is 11.6 Å². The molecule has 246 valence electrons. The minimum atomic E-state index is -1.03. The quantitative estimate of drug-likeness (QED) is 0.276. The summed E-state index contributed by atoms with van der Waals surface area (Å²) in [5, 5.41) is 19.3. The third kappa shape index (κ3) is 9.18. The highest BCUT2D eigenvalue weighted by atomic mass is 35.5. The van der Waals surface area contributed by atoms with Crippen LogP contribution in [0.1, 0.15) is 78.0 Å². The van der Waals surface area contributed by atoms with Crippen molar-refractivity contribution < 1.29 is 23.8 Å². The predicted octanol–water partition coefficient (Wildman–Crippen LogP) is 4.16. The lowest BCUT2D eigenvalue weighted by molar-refractivity contribution is -0.150. The molecule has 0 aliphatic rings. The van der Waals surface area contributed by atoms with Gasteiger partial charge in [0, 0.05) is 11.6 Å². The molecule has 3 aromatic rings. The van der Waals surface area contributed by atoms with E-state index in [1.54, 1.807) is 40.7 Å². The Morgan fingerprint density at radius 2 is 1.76 bits per heavy atom. The van der Waals surface area contributed by atoms with E-state index < -0.39 is 52.9 Å². The smallest absolute Gasteiger partial charge is 0.408 e. The van der Waals surface area contributed by atoms with Gasteiger partial charge in [-0.05, 0) is 45.2 Å². The van der Waals surface area contributed by atoms with Crippen LogP contribution in [-0.2, 0) is 21.0 Å². The Balaban J connectivity index is 1.91. The van der Waals surface area contributed by atoms with Crippen molar-refractivity contribution in [1.82, 2.24) is 29.9 Å². The van der Waals surface area contributed by atoms with Gasteiger partial charge in [0.05, 0.1) is 15.7 Å². The summed E-state index contributed by atoms with van der Waals surface area (Å²) in [6.07, 6.45) is 0.859. The normalized spacial score (nSPS) is 11.9. The molecule has 17 heteroatoms. The van der Waals surface area contributed by atoms with Gasteiger partial charge in [-0.3, -0.25) is 14.6 Å². The highest BCUT2D eigenvalue weighted by Crippen LogP contribution is 2.37. The molecule has 3 rings (SSSR count). The van der Waals surface area contributed by atoms with Gasteiger partial charge in [-0.25, -0.2) is 14.4 Å². The molecule has 1 atom stereocenters. The molecule has 2 aromatic heterocycles. The molecular weight excluding hydrogens is 645 g/mol. The number of aromatic nitrogens is 5. The average molecular weight is 679 g/mol. The maximum absolute atomic E-state index is 13.2. The maximum Gasteiger partial charge on any atom is 0.408 e. The molecule has 0 unspecified atom stereocenters. The predicted molar refractivity (Wildman–Crippen MR) is 167 cm³/mol. The van der Waals surface area contributed by atoms with Crippen molar-refractivity contribution in [2.24, 2.45) is 0 Å². The molecule has 2 heterocycles. The zero-order chi connectivity index (χ0) is 34.3. The number of H-pyrrole nitrogens is 1. The summed E-state index contributed by atoms with van der Waals surface area (Å²) in [4.78, 5) is 64.5. The number of halogens is 2. The van der Waals surface area contributed by atoms with Crippen LogP contribution < -0.4 is 26.9 Å². The van der Waals surface area contributed by atoms with Crippen molar-refractivity contribution in [3.63, 3.8) is 0 Å². The minimum absolute atomic E-state index is 0.0189. The molecule has 0 aliphatic heterocycles. The third-order valence-electron chi connectivity index (χ3n) is 6.12. The SMILES string of the molecule is CCCC[C@H](NC(=O)OC(C)(C)C)C(=O)OCn1nc(Oc2c(Cl)cc(-n3nc(C#N)c(=O)[nH]c3=O)cc2Cl)cc(C(C)C)c1=O. The number of ether oxygens (including phenoxy) is 3. The maximum atomic E-state index is 13.2. The second-order valence-electron chi connectivity index (χ2n) is 11.3. The van der Waals surface area contributed by atoms with Crippen LogP contribution in [0.2, 0.25) is 10.0 Å². The van der Waals surface area contributed by atoms with Crippen molar-refractivity contribution in [2.75, 3.05) is 0 Å². The van der Waals surface area contributed by atoms with E-state index in [-0.39, 0.29) is 45.3 Å². The van der Waals surface area contributed by atoms with Crippen molar-refractivity contribution >= 4 is 35.3 Å². The summed E-state index contributed by atoms with van der Waals surface area (Å²) < 4.78 is 18.1. The van der Waals surface area contributed by atoms with E-state index in [4.69, 9.17) is 42.7 Å². The van der Waals surface area contributed by atoms with E-state index in [0.717, 1.165) is 15.8 Å². The number of hydrogen-bond donors (Lipinski definition) is 2. The minimum Gasteiger partial charge on any atom is -0.444 e. The average Bonchev–Trinajstić information content (AvgIpc) is 2.95. The number of amides is 1. The van der Waals surface area contributed by atoms with E-state index >= 15 is 0 Å². The summed E-state index contributed by atoms with van der Waals surface area (Å²) >= 11 is 12.9. The van der Waals surface area contributed by atoms with Crippen molar-refractivity contribution in [3.05, 3.63) is 70.7 Å². The first kappa shape index (κ1) is 35.8. The Kier molecular flexibility index (Phi) is 11.7. The number of rotatable bonds is 11. The van der Waals surface area contributed by atoms with Crippen LogP contribution in [-0.4, -0.2) is 48.3 Å². The molecule has 2 N–H and O–H groups in total. The molecule has 1 amide bonds. The number of aromatic amines is 1. The van der Waals surface area contributed by atoms with Gasteiger partial charge in [0.25, 0.3) is 11.1 Å². The standard InChI is InChI=1S/C29H33Cl2N7O8/c1-7-8-9-20(33-28(43)46-29(4,5)6)26(41)44-14-37-25(40)17(15(2)3)12-22(36-37)45-23-18(30)10-16(11-19(23)31)38-27(42)34-24(39)21(13-32)35-38/h10-12,15,20H,7-9,14H2,1-6H3,(H,33,43)(H,34,39,42)/t20-/m0/s1. The number of unbranched alkanes of at least 4 members (excludes halogenated alkanes) is 1. The van der Waals surface area contributed by atoms with Crippen LogP contribution in [0.4, 0.5) is 4.79 Å². The Hall–Kier alpha value is -4.68. The van der Waals surface area contributed by atoms with Crippen molar-refractivity contribution in [1.29, 1.82) is 5.26 Å². The molecule has 15 nitrogen and oxygen atoms in total. The van der Waals surface area contributed by atoms with Crippen LogP contribution in [0.25, 0.3) is 5.69 Å². The molecule has 0 spiro atoms. The number of carbonyl (C=O) groups excluding carboxylic acids is 2. The molecule has 46 heavy (non-hydrogen) atoms. The number of nitrogens with zero attached hydrogens (tertiary/aromatic N) is 5. The topological polar surface area (TPSA) is 200 Å². The number of nitrogens with one attached hydrogen (secondary N) is 2. The number of benzene rings is 1. The second-order valence-corrected chi connectivity index (χ2v) is 12.1. The fraction of sp³-hybridized carbons (Fsp3) is 0.448. The van der Waals surface area contributed by atoms with Crippen molar-refractivity contribution in [2.45, 2.75) is 85.1 Å². The van der Waals surface area contributed by atoms with Gasteiger partial charge in [-0.15, -0.1) is 10.2 Å². The summed E-state index contributed by atoms with van der Waals surface area (Å²) in [5.41, 5.74) is -3.49. The lowest BCUT2D eigenvalue weighted by atomic mass is 10.1. The van der Waals surface area contributed by atoms with E-state index in [2.05, 4.69) is 15.5 Å². The number of nitriles is 1. The number of esters is 1. The van der Waals surface area contributed by atoms with E-state index in [0.29, 0.717) is 6.42 Å². The molecular formula is C29H33Cl2N7O8. The van der Waals surface area contributed by atoms with Gasteiger partial charge in [-0.1, -0.05) is 56.8 Å². The lowest BCUT2D eigenvalue weighted by Crippen LogP contribution is -2.44. The first-order valence-electron chi connectivity index (χ1n) is 14.1. The molecule has 0 saturated carbocycles. The second kappa shape index (κ2) is 15.1. The van der Waals surface area contributed by atoms with Gasteiger partial charge < -0.3 is 19.5 Å². The monoisotopic (exact) mass is 677 g/mol. The molecule has 0 fully saturated rings. The van der Waals surface area contributed by atoms with Crippen molar-refractivity contribution in [3.8, 4) is 23.4 Å². The zero-order valence-electron chi connectivity index (χ0n) is 26.0. The van der Waals surface area contributed by atoms with Crippen LogP contribution >= 0.6 is 23.2 Å². The number of alkyl carbamates (subject to hydrolysis) is 1. The molecule has 0 bridgehead atoms. The largest absolute Gasteiger partial charge is 0.444 e. The molecule has 1 aromatic carbocycles. The Morgan fingerprint density at radius 1 is 1.11 bits per heavy atom. The lowest BCUT2D eigenvalue weighted by Gasteiger charge is -2.23. The van der Waals surface area contributed by atoms with E-state index in [9.17, 15) is 24.0 Å². The Morgan fingerprint density at radius 3 is 2.33 bits per heavy atom. The molecule has 0 aliphatic carbocycles. The van der Waals surface area contributed by atoms with Crippen LogP contribution in [0.5, 0.6) is 11.6 Å². The Bertz CT molecular complexity index is 1810. The highest BCUT2D eigenvalue weighted by molar-refractivity contribution is 6.37. The van der Waals surface area contributed by atoms with Gasteiger partial charge in [-0.2, -0.15) is 14.6 Å².